The average molecular weight is 503 g/mol. The van der Waals surface area contributed by atoms with Gasteiger partial charge in [-0.05, 0) is 71.8 Å². The summed E-state index contributed by atoms with van der Waals surface area (Å²) in [4.78, 5) is 2.21. The van der Waals surface area contributed by atoms with Crippen LogP contribution < -0.4 is 4.90 Å². The zero-order valence-electron chi connectivity index (χ0n) is 20.1. The van der Waals surface area contributed by atoms with Gasteiger partial charge in [-0.2, -0.15) is 15.8 Å². The van der Waals surface area contributed by atoms with E-state index in [4.69, 9.17) is 0 Å². The number of benzene rings is 5. The largest absolute Gasteiger partial charge is 0.309 e. The molecule has 0 spiro atoms. The molecule has 5 aromatic carbocycles. The Morgan fingerprint density at radius 1 is 0.553 bits per heavy atom. The van der Waals surface area contributed by atoms with Crippen molar-refractivity contribution in [2.75, 3.05) is 4.90 Å². The normalized spacial score (nSPS) is 10.6. The van der Waals surface area contributed by atoms with Crippen LogP contribution in [0.5, 0.6) is 0 Å². The summed E-state index contributed by atoms with van der Waals surface area (Å²) in [6.45, 7) is 0. The van der Waals surface area contributed by atoms with E-state index in [9.17, 15) is 15.8 Å². The topological polar surface area (TPSA) is 74.6 Å². The number of nitrogens with zero attached hydrogens (tertiary/aromatic N) is 4. The maximum Gasteiger partial charge on any atom is 0.101 e. The standard InChI is InChI=1S/C33H18N4S/c34-19-22-8-14-27(15-9-22)37(31-6-3-5-30-29-4-1-2-7-32(29)38-33(30)31)28-16-12-23(13-17-28)24-10-11-25(20-35)26(18-24)21-36/h1-18H. The molecule has 0 aliphatic carbocycles. The molecule has 176 valence electrons. The van der Waals surface area contributed by atoms with Gasteiger partial charge in [-0.25, -0.2) is 0 Å². The van der Waals surface area contributed by atoms with Crippen LogP contribution in [0.25, 0.3) is 31.3 Å². The van der Waals surface area contributed by atoms with E-state index in [-0.39, 0.29) is 0 Å². The number of hydrogen-bond donors (Lipinski definition) is 0. The number of fused-ring (bicyclic) bond motifs is 3. The number of anilines is 3. The first-order valence-corrected chi connectivity index (χ1v) is 12.8. The molecule has 0 aliphatic rings. The van der Waals surface area contributed by atoms with Crippen molar-refractivity contribution in [3.05, 3.63) is 126 Å². The average Bonchev–Trinajstić information content (AvgIpc) is 3.37. The van der Waals surface area contributed by atoms with E-state index in [0.29, 0.717) is 16.7 Å². The van der Waals surface area contributed by atoms with E-state index in [0.717, 1.165) is 28.2 Å². The van der Waals surface area contributed by atoms with Crippen LogP contribution >= 0.6 is 11.3 Å². The number of hydrogen-bond acceptors (Lipinski definition) is 5. The Morgan fingerprint density at radius 2 is 1.21 bits per heavy atom. The van der Waals surface area contributed by atoms with E-state index < -0.39 is 0 Å². The fourth-order valence-electron chi connectivity index (χ4n) is 4.74. The molecule has 0 atom stereocenters. The lowest BCUT2D eigenvalue weighted by molar-refractivity contribution is 1.30. The van der Waals surface area contributed by atoms with Crippen molar-refractivity contribution in [2.24, 2.45) is 0 Å². The predicted octanol–water partition coefficient (Wildman–Crippen LogP) is 8.81. The summed E-state index contributed by atoms with van der Waals surface area (Å²) in [6, 6.07) is 42.3. The Kier molecular flexibility index (Phi) is 5.79. The van der Waals surface area contributed by atoms with Crippen LogP contribution in [0, 0.1) is 34.0 Å². The zero-order chi connectivity index (χ0) is 26.1. The fraction of sp³-hybridized carbons (Fsp3) is 0. The van der Waals surface area contributed by atoms with Crippen molar-refractivity contribution in [1.29, 1.82) is 15.8 Å². The second-order valence-electron chi connectivity index (χ2n) is 8.78. The lowest BCUT2D eigenvalue weighted by Gasteiger charge is -2.26. The summed E-state index contributed by atoms with van der Waals surface area (Å²) in [5, 5.41) is 30.5. The van der Waals surface area contributed by atoms with Crippen molar-refractivity contribution < 1.29 is 0 Å². The van der Waals surface area contributed by atoms with E-state index in [1.54, 1.807) is 23.5 Å². The van der Waals surface area contributed by atoms with Gasteiger partial charge in [0.1, 0.15) is 12.1 Å². The highest BCUT2D eigenvalue weighted by Crippen LogP contribution is 2.44. The molecular weight excluding hydrogens is 484 g/mol. The third-order valence-corrected chi connectivity index (χ3v) is 7.81. The zero-order valence-corrected chi connectivity index (χ0v) is 20.9. The summed E-state index contributed by atoms with van der Waals surface area (Å²) >= 11 is 1.77. The van der Waals surface area contributed by atoms with Gasteiger partial charge in [-0.3, -0.25) is 0 Å². The Balaban J connectivity index is 1.50. The minimum atomic E-state index is 0.365. The van der Waals surface area contributed by atoms with Gasteiger partial charge in [0.15, 0.2) is 0 Å². The number of rotatable bonds is 4. The van der Waals surface area contributed by atoms with E-state index in [2.05, 4.69) is 77.7 Å². The summed E-state index contributed by atoms with van der Waals surface area (Å²) < 4.78 is 2.42. The lowest BCUT2D eigenvalue weighted by Crippen LogP contribution is -2.10. The Bertz CT molecular complexity index is 1950. The number of thiophene rings is 1. The maximum absolute atomic E-state index is 9.44. The highest BCUT2D eigenvalue weighted by Gasteiger charge is 2.18. The second kappa shape index (κ2) is 9.57. The van der Waals surface area contributed by atoms with Crippen molar-refractivity contribution >= 4 is 48.6 Å². The van der Waals surface area contributed by atoms with Gasteiger partial charge < -0.3 is 4.90 Å². The quantitative estimate of drug-likeness (QED) is 0.241. The van der Waals surface area contributed by atoms with E-state index in [1.165, 1.54) is 20.2 Å². The third-order valence-electron chi connectivity index (χ3n) is 6.60. The molecule has 1 aromatic heterocycles. The van der Waals surface area contributed by atoms with Crippen molar-refractivity contribution in [2.45, 2.75) is 0 Å². The van der Waals surface area contributed by atoms with Crippen LogP contribution in [0.1, 0.15) is 16.7 Å². The van der Waals surface area contributed by atoms with Gasteiger partial charge in [0, 0.05) is 26.8 Å². The van der Waals surface area contributed by atoms with Gasteiger partial charge in [0.05, 0.1) is 33.1 Å². The number of nitriles is 3. The summed E-state index contributed by atoms with van der Waals surface area (Å²) in [7, 11) is 0. The SMILES string of the molecule is N#Cc1ccc(N(c2ccc(-c3ccc(C#N)c(C#N)c3)cc2)c2cccc3c2sc2ccccc23)cc1. The fourth-order valence-corrected chi connectivity index (χ4v) is 5.94. The monoisotopic (exact) mass is 502 g/mol. The molecule has 5 heteroatoms. The molecule has 6 aromatic rings. The smallest absolute Gasteiger partial charge is 0.101 e. The van der Waals surface area contributed by atoms with Crippen LogP contribution in [0.15, 0.2) is 109 Å². The van der Waals surface area contributed by atoms with Crippen LogP contribution in [0.2, 0.25) is 0 Å². The third kappa shape index (κ3) is 3.93. The molecule has 6 rings (SSSR count). The van der Waals surface area contributed by atoms with Crippen molar-refractivity contribution in [3.8, 4) is 29.3 Å². The predicted molar refractivity (Wildman–Crippen MR) is 154 cm³/mol. The molecule has 0 radical (unpaired) electrons. The molecule has 0 amide bonds. The Morgan fingerprint density at radius 3 is 1.92 bits per heavy atom. The molecule has 0 aliphatic heterocycles. The highest BCUT2D eigenvalue weighted by molar-refractivity contribution is 7.26. The minimum Gasteiger partial charge on any atom is -0.309 e. The molecular formula is C33H18N4S. The first kappa shape index (κ1) is 23.0. The maximum atomic E-state index is 9.44. The molecule has 0 saturated heterocycles. The van der Waals surface area contributed by atoms with E-state index >= 15 is 0 Å². The van der Waals surface area contributed by atoms with Crippen molar-refractivity contribution in [3.63, 3.8) is 0 Å². The van der Waals surface area contributed by atoms with Crippen molar-refractivity contribution in [1.82, 2.24) is 0 Å². The second-order valence-corrected chi connectivity index (χ2v) is 9.83. The first-order valence-electron chi connectivity index (χ1n) is 12.0. The molecule has 0 unspecified atom stereocenters. The lowest BCUT2D eigenvalue weighted by atomic mass is 9.99. The van der Waals surface area contributed by atoms with Gasteiger partial charge in [0.2, 0.25) is 0 Å². The van der Waals surface area contributed by atoms with Crippen LogP contribution in [0.4, 0.5) is 17.1 Å². The molecule has 0 N–H and O–H groups in total. The minimum absolute atomic E-state index is 0.365. The van der Waals surface area contributed by atoms with Gasteiger partial charge in [-0.15, -0.1) is 11.3 Å². The van der Waals surface area contributed by atoms with Gasteiger partial charge in [0.25, 0.3) is 0 Å². The summed E-state index contributed by atoms with van der Waals surface area (Å²) in [6.07, 6.45) is 0. The summed E-state index contributed by atoms with van der Waals surface area (Å²) in [5.74, 6) is 0. The summed E-state index contributed by atoms with van der Waals surface area (Å²) in [5.41, 5.74) is 6.16. The molecule has 0 bridgehead atoms. The van der Waals surface area contributed by atoms with Gasteiger partial charge >= 0.3 is 0 Å². The highest BCUT2D eigenvalue weighted by atomic mass is 32.1. The molecule has 0 fully saturated rings. The Labute approximate surface area is 224 Å². The molecule has 1 heterocycles. The van der Waals surface area contributed by atoms with Crippen LogP contribution in [-0.4, -0.2) is 0 Å². The molecule has 38 heavy (non-hydrogen) atoms. The van der Waals surface area contributed by atoms with Gasteiger partial charge in [-0.1, -0.05) is 48.5 Å². The first-order chi connectivity index (χ1) is 18.7. The van der Waals surface area contributed by atoms with Crippen LogP contribution in [0.3, 0.4) is 0 Å². The molecule has 4 nitrogen and oxygen atoms in total. The molecule has 0 saturated carbocycles. The van der Waals surface area contributed by atoms with E-state index in [1.807, 2.05) is 42.5 Å². The van der Waals surface area contributed by atoms with Crippen LogP contribution in [-0.2, 0) is 0 Å². The Hall–Kier alpha value is -5.41.